The average molecular weight is 189 g/mol. The summed E-state index contributed by atoms with van der Waals surface area (Å²) >= 11 is 0. The highest BCUT2D eigenvalue weighted by atomic mass is 16.3. The van der Waals surface area contributed by atoms with Crippen LogP contribution in [0.25, 0.3) is 0 Å². The molecule has 4 nitrogen and oxygen atoms in total. The van der Waals surface area contributed by atoms with Gasteiger partial charge in [0.15, 0.2) is 5.78 Å². The van der Waals surface area contributed by atoms with Crippen LogP contribution in [0.15, 0.2) is 12.1 Å². The molecule has 14 heavy (non-hydrogen) atoms. The molecule has 0 aromatic heterocycles. The lowest BCUT2D eigenvalue weighted by atomic mass is 10.0. The van der Waals surface area contributed by atoms with Gasteiger partial charge in [-0.1, -0.05) is 0 Å². The number of nitrogens with zero attached hydrogens (tertiary/aromatic N) is 1. The molecule has 0 aliphatic carbocycles. The summed E-state index contributed by atoms with van der Waals surface area (Å²) in [6, 6.07) is 4.19. The smallest absolute Gasteiger partial charge is 0.163 e. The van der Waals surface area contributed by atoms with E-state index in [9.17, 15) is 14.7 Å². The molecule has 0 unspecified atom stereocenters. The third kappa shape index (κ3) is 1.62. The van der Waals surface area contributed by atoms with Crippen molar-refractivity contribution in [1.29, 1.82) is 5.26 Å². The van der Waals surface area contributed by atoms with Crippen LogP contribution in [0.2, 0.25) is 0 Å². The maximum atomic E-state index is 11.0. The maximum absolute atomic E-state index is 11.0. The Morgan fingerprint density at radius 2 is 2.21 bits per heavy atom. The Hall–Kier alpha value is -2.15. The van der Waals surface area contributed by atoms with Gasteiger partial charge in [-0.2, -0.15) is 5.26 Å². The number of nitriles is 1. The molecule has 0 atom stereocenters. The second-order valence-electron chi connectivity index (χ2n) is 2.75. The molecule has 0 aliphatic heterocycles. The van der Waals surface area contributed by atoms with Crippen LogP contribution in [0.5, 0.6) is 5.75 Å². The highest BCUT2D eigenvalue weighted by molar-refractivity contribution is 5.99. The van der Waals surface area contributed by atoms with Crippen molar-refractivity contribution in [2.75, 3.05) is 0 Å². The number of hydrogen-bond donors (Lipinski definition) is 1. The first-order valence-corrected chi connectivity index (χ1v) is 3.83. The number of benzene rings is 1. The molecule has 0 spiro atoms. The van der Waals surface area contributed by atoms with E-state index >= 15 is 0 Å². The van der Waals surface area contributed by atoms with Gasteiger partial charge in [0.1, 0.15) is 18.1 Å². The molecule has 0 heterocycles. The van der Waals surface area contributed by atoms with Gasteiger partial charge in [0, 0.05) is 5.56 Å². The molecular formula is C10H7NO3. The molecule has 70 valence electrons. The molecular weight excluding hydrogens is 182 g/mol. The zero-order chi connectivity index (χ0) is 10.7. The Bertz CT molecular complexity index is 443. The molecule has 0 saturated carbocycles. The average Bonchev–Trinajstić information content (AvgIpc) is 2.17. The highest BCUT2D eigenvalue weighted by Crippen LogP contribution is 2.23. The van der Waals surface area contributed by atoms with Crippen molar-refractivity contribution in [3.63, 3.8) is 0 Å². The number of carbonyl (C=O) groups is 2. The monoisotopic (exact) mass is 189 g/mol. The van der Waals surface area contributed by atoms with Gasteiger partial charge in [-0.15, -0.1) is 0 Å². The number of ketones is 1. The molecule has 0 fully saturated rings. The first-order chi connectivity index (χ1) is 6.60. The molecule has 4 heteroatoms. The molecule has 0 radical (unpaired) electrons. The quantitative estimate of drug-likeness (QED) is 0.561. The minimum atomic E-state index is -0.386. The van der Waals surface area contributed by atoms with Crippen LogP contribution in [0.1, 0.15) is 33.2 Å². The Morgan fingerprint density at radius 3 is 2.64 bits per heavy atom. The van der Waals surface area contributed by atoms with E-state index in [1.807, 2.05) is 0 Å². The van der Waals surface area contributed by atoms with Crippen LogP contribution < -0.4 is 0 Å². The van der Waals surface area contributed by atoms with Gasteiger partial charge in [-0.3, -0.25) is 9.59 Å². The number of rotatable bonds is 2. The molecule has 1 aromatic carbocycles. The van der Waals surface area contributed by atoms with E-state index in [1.165, 1.54) is 19.1 Å². The number of carbonyl (C=O) groups excluding carboxylic acids is 2. The normalized spacial score (nSPS) is 9.14. The number of phenolic OH excluding ortho intramolecular Hbond substituents is 1. The zero-order valence-electron chi connectivity index (χ0n) is 7.44. The molecule has 0 bridgehead atoms. The SMILES string of the molecule is CC(=O)c1cc(C=O)cc(C#N)c1O. The first-order valence-electron chi connectivity index (χ1n) is 3.83. The molecule has 1 N–H and O–H groups in total. The molecule has 0 aliphatic rings. The van der Waals surface area contributed by atoms with Gasteiger partial charge in [0.25, 0.3) is 0 Å². The van der Waals surface area contributed by atoms with E-state index < -0.39 is 0 Å². The topological polar surface area (TPSA) is 78.2 Å². The summed E-state index contributed by atoms with van der Waals surface area (Å²) in [4.78, 5) is 21.5. The van der Waals surface area contributed by atoms with Crippen LogP contribution in [0.3, 0.4) is 0 Å². The van der Waals surface area contributed by atoms with Crippen molar-refractivity contribution in [3.05, 3.63) is 28.8 Å². The highest BCUT2D eigenvalue weighted by Gasteiger charge is 2.12. The first kappa shape index (κ1) is 9.93. The minimum absolute atomic E-state index is 0.00819. The second kappa shape index (κ2) is 3.71. The standard InChI is InChI=1S/C10H7NO3/c1-6(13)9-3-7(5-12)2-8(4-11)10(9)14/h2-3,5,14H,1H3. The fourth-order valence-electron chi connectivity index (χ4n) is 1.08. The molecule has 1 rings (SSSR count). The predicted octanol–water partition coefficient (Wildman–Crippen LogP) is 1.28. The van der Waals surface area contributed by atoms with Crippen molar-refractivity contribution in [2.45, 2.75) is 6.92 Å². The number of aldehydes is 1. The van der Waals surface area contributed by atoms with Gasteiger partial charge in [0.2, 0.25) is 0 Å². The Kier molecular flexibility index (Phi) is 2.63. The Morgan fingerprint density at radius 1 is 1.57 bits per heavy atom. The molecule has 0 saturated heterocycles. The number of Topliss-reactive ketones (excluding diaryl/α,β-unsaturated/α-hetero) is 1. The van der Waals surface area contributed by atoms with Gasteiger partial charge < -0.3 is 5.11 Å². The van der Waals surface area contributed by atoms with Crippen LogP contribution in [-0.4, -0.2) is 17.2 Å². The fraction of sp³-hybridized carbons (Fsp3) is 0.100. The van der Waals surface area contributed by atoms with E-state index in [0.717, 1.165) is 0 Å². The van der Waals surface area contributed by atoms with E-state index in [0.29, 0.717) is 6.29 Å². The fourth-order valence-corrected chi connectivity index (χ4v) is 1.08. The van der Waals surface area contributed by atoms with Crippen LogP contribution >= 0.6 is 0 Å². The van der Waals surface area contributed by atoms with Crippen molar-refractivity contribution < 1.29 is 14.7 Å². The van der Waals surface area contributed by atoms with E-state index in [4.69, 9.17) is 5.26 Å². The third-order valence-electron chi connectivity index (χ3n) is 1.77. The second-order valence-corrected chi connectivity index (χ2v) is 2.75. The molecule has 0 amide bonds. The lowest BCUT2D eigenvalue weighted by Gasteiger charge is -2.03. The number of aromatic hydroxyl groups is 1. The van der Waals surface area contributed by atoms with Gasteiger partial charge in [-0.05, 0) is 19.1 Å². The number of hydrogen-bond acceptors (Lipinski definition) is 4. The molecule has 1 aromatic rings. The lowest BCUT2D eigenvalue weighted by Crippen LogP contribution is -1.97. The minimum Gasteiger partial charge on any atom is -0.506 e. The van der Waals surface area contributed by atoms with Gasteiger partial charge >= 0.3 is 0 Å². The van der Waals surface area contributed by atoms with Crippen molar-refractivity contribution in [3.8, 4) is 11.8 Å². The largest absolute Gasteiger partial charge is 0.506 e. The summed E-state index contributed by atoms with van der Waals surface area (Å²) < 4.78 is 0. The summed E-state index contributed by atoms with van der Waals surface area (Å²) in [5.74, 6) is -0.756. The van der Waals surface area contributed by atoms with Crippen LogP contribution in [0.4, 0.5) is 0 Å². The summed E-state index contributed by atoms with van der Waals surface area (Å²) in [5.41, 5.74) is 0.121. The van der Waals surface area contributed by atoms with Crippen molar-refractivity contribution in [1.82, 2.24) is 0 Å². The summed E-state index contributed by atoms with van der Waals surface area (Å²) in [5, 5.41) is 18.0. The van der Waals surface area contributed by atoms with Crippen LogP contribution in [0, 0.1) is 11.3 Å². The van der Waals surface area contributed by atoms with E-state index in [1.54, 1.807) is 6.07 Å². The number of phenols is 1. The van der Waals surface area contributed by atoms with Crippen molar-refractivity contribution in [2.24, 2.45) is 0 Å². The summed E-state index contributed by atoms with van der Waals surface area (Å²) in [7, 11) is 0. The van der Waals surface area contributed by atoms with E-state index in [-0.39, 0.29) is 28.2 Å². The van der Waals surface area contributed by atoms with Gasteiger partial charge in [0.05, 0.1) is 11.1 Å². The zero-order valence-corrected chi connectivity index (χ0v) is 7.44. The van der Waals surface area contributed by atoms with Crippen LogP contribution in [-0.2, 0) is 0 Å². The maximum Gasteiger partial charge on any atom is 0.163 e. The summed E-state index contributed by atoms with van der Waals surface area (Å²) in [6.45, 7) is 1.25. The Balaban J connectivity index is 3.51. The Labute approximate surface area is 80.4 Å². The summed E-state index contributed by atoms with van der Waals surface area (Å²) in [6.07, 6.45) is 0.521. The van der Waals surface area contributed by atoms with E-state index in [2.05, 4.69) is 0 Å². The van der Waals surface area contributed by atoms with Gasteiger partial charge in [-0.25, -0.2) is 0 Å². The third-order valence-corrected chi connectivity index (χ3v) is 1.77. The lowest BCUT2D eigenvalue weighted by molar-refractivity contribution is 0.101. The van der Waals surface area contributed by atoms with Crippen molar-refractivity contribution >= 4 is 12.1 Å². The predicted molar refractivity (Wildman–Crippen MR) is 48.2 cm³/mol.